The number of carbonyl (C=O) groups is 1. The predicted molar refractivity (Wildman–Crippen MR) is 93.0 cm³/mol. The first-order valence-electron chi connectivity index (χ1n) is 8.46. The number of rotatable bonds is 6. The molecule has 1 aliphatic heterocycles. The molecule has 0 bridgehead atoms. The Balaban J connectivity index is 2.39. The molecule has 0 saturated carbocycles. The van der Waals surface area contributed by atoms with Gasteiger partial charge in [-0.25, -0.2) is 4.39 Å². The highest BCUT2D eigenvalue weighted by atomic mass is 19.1. The number of ether oxygens (including phenoxy) is 2. The molecule has 0 spiro atoms. The van der Waals surface area contributed by atoms with Crippen LogP contribution in [0.5, 0.6) is 5.75 Å². The summed E-state index contributed by atoms with van der Waals surface area (Å²) in [4.78, 5) is 12.1. The Morgan fingerprint density at radius 1 is 1.24 bits per heavy atom. The van der Waals surface area contributed by atoms with Gasteiger partial charge in [0.2, 0.25) is 0 Å². The van der Waals surface area contributed by atoms with E-state index < -0.39 is 35.9 Å². The molecule has 7 heteroatoms. The van der Waals surface area contributed by atoms with Crippen molar-refractivity contribution in [2.75, 3.05) is 13.7 Å². The molecule has 1 aliphatic rings. The van der Waals surface area contributed by atoms with Crippen LogP contribution in [0.1, 0.15) is 52.4 Å². The zero-order valence-electron chi connectivity index (χ0n) is 15.7. The molecule has 0 aromatic heterocycles. The van der Waals surface area contributed by atoms with Crippen molar-refractivity contribution >= 4 is 13.1 Å². The lowest BCUT2D eigenvalue weighted by Gasteiger charge is -2.32. The molecule has 0 radical (unpaired) electrons. The molecule has 25 heavy (non-hydrogen) atoms. The fourth-order valence-electron chi connectivity index (χ4n) is 2.74. The second-order valence-electron chi connectivity index (χ2n) is 7.13. The summed E-state index contributed by atoms with van der Waals surface area (Å²) in [7, 11) is 0.739. The summed E-state index contributed by atoms with van der Waals surface area (Å²) < 4.78 is 36.9. The summed E-state index contributed by atoms with van der Waals surface area (Å²) in [5, 5.41) is 0. The van der Waals surface area contributed by atoms with Gasteiger partial charge >= 0.3 is 13.1 Å². The summed E-state index contributed by atoms with van der Waals surface area (Å²) in [6, 6.07) is 4.42. The molecule has 1 aromatic rings. The lowest BCUT2D eigenvalue weighted by molar-refractivity contribution is -0.143. The van der Waals surface area contributed by atoms with Gasteiger partial charge in [0.05, 0.1) is 31.3 Å². The van der Waals surface area contributed by atoms with Gasteiger partial charge in [-0.3, -0.25) is 4.79 Å². The van der Waals surface area contributed by atoms with E-state index in [-0.39, 0.29) is 13.0 Å². The number of carbonyl (C=O) groups excluding carboxylic acids is 1. The molecule has 0 N–H and O–H groups in total. The Morgan fingerprint density at radius 3 is 2.36 bits per heavy atom. The van der Waals surface area contributed by atoms with E-state index in [1.54, 1.807) is 13.0 Å². The van der Waals surface area contributed by atoms with Crippen LogP contribution in [-0.4, -0.2) is 38.0 Å². The molecule has 1 aromatic carbocycles. The molecule has 138 valence electrons. The van der Waals surface area contributed by atoms with E-state index in [9.17, 15) is 9.18 Å². The first-order valence-corrected chi connectivity index (χ1v) is 8.46. The quantitative estimate of drug-likeness (QED) is 0.579. The lowest BCUT2D eigenvalue weighted by atomic mass is 9.66. The van der Waals surface area contributed by atoms with Crippen molar-refractivity contribution in [1.82, 2.24) is 0 Å². The van der Waals surface area contributed by atoms with Crippen LogP contribution >= 0.6 is 0 Å². The first kappa shape index (κ1) is 19.7. The van der Waals surface area contributed by atoms with Crippen molar-refractivity contribution in [3.8, 4) is 5.75 Å². The fraction of sp³-hybridized carbons (Fsp3) is 0.611. The number of benzene rings is 1. The van der Waals surface area contributed by atoms with E-state index in [1.807, 2.05) is 27.7 Å². The Hall–Kier alpha value is -1.60. The average Bonchev–Trinajstić information content (AvgIpc) is 2.74. The van der Waals surface area contributed by atoms with E-state index in [1.165, 1.54) is 19.2 Å². The summed E-state index contributed by atoms with van der Waals surface area (Å²) >= 11 is 0. The molecular weight excluding hydrogens is 326 g/mol. The third-order valence-electron chi connectivity index (χ3n) is 4.89. The van der Waals surface area contributed by atoms with Gasteiger partial charge in [0.1, 0.15) is 11.6 Å². The summed E-state index contributed by atoms with van der Waals surface area (Å²) in [6.07, 6.45) is -0.0469. The molecule has 1 saturated heterocycles. The molecule has 1 atom stereocenters. The number of esters is 1. The van der Waals surface area contributed by atoms with Gasteiger partial charge in [0.25, 0.3) is 0 Å². The molecule has 1 unspecified atom stereocenters. The SMILES string of the molecule is CCOC(=O)CC(B1OC(C)(C)C(C)(C)O1)c1cc(OC)ccc1F. The van der Waals surface area contributed by atoms with Crippen LogP contribution in [0, 0.1) is 5.82 Å². The van der Waals surface area contributed by atoms with Crippen LogP contribution in [0.25, 0.3) is 0 Å². The Morgan fingerprint density at radius 2 is 1.84 bits per heavy atom. The second kappa shape index (κ2) is 7.34. The third kappa shape index (κ3) is 4.15. The van der Waals surface area contributed by atoms with Gasteiger partial charge < -0.3 is 18.8 Å². The molecular formula is C18H26BFO5. The highest BCUT2D eigenvalue weighted by molar-refractivity contribution is 6.48. The smallest absolute Gasteiger partial charge is 0.466 e. The maximum Gasteiger partial charge on any atom is 0.466 e. The molecule has 1 heterocycles. The van der Waals surface area contributed by atoms with E-state index in [2.05, 4.69) is 0 Å². The topological polar surface area (TPSA) is 54.0 Å². The lowest BCUT2D eigenvalue weighted by Crippen LogP contribution is -2.41. The van der Waals surface area contributed by atoms with Crippen LogP contribution in [0.15, 0.2) is 18.2 Å². The number of halogens is 1. The Labute approximate surface area is 148 Å². The average molecular weight is 352 g/mol. The highest BCUT2D eigenvalue weighted by Gasteiger charge is 2.54. The fourth-order valence-corrected chi connectivity index (χ4v) is 2.74. The van der Waals surface area contributed by atoms with E-state index in [4.69, 9.17) is 18.8 Å². The largest absolute Gasteiger partial charge is 0.497 e. The van der Waals surface area contributed by atoms with Crippen molar-refractivity contribution in [3.63, 3.8) is 0 Å². The molecule has 2 rings (SSSR count). The summed E-state index contributed by atoms with van der Waals surface area (Å²) in [5.41, 5.74) is -0.856. The van der Waals surface area contributed by atoms with Gasteiger partial charge in [0.15, 0.2) is 0 Å². The number of methoxy groups -OCH3 is 1. The van der Waals surface area contributed by atoms with E-state index in [0.717, 1.165) is 0 Å². The van der Waals surface area contributed by atoms with Crippen LogP contribution in [0.4, 0.5) is 4.39 Å². The van der Waals surface area contributed by atoms with Crippen LogP contribution in [0.2, 0.25) is 0 Å². The van der Waals surface area contributed by atoms with E-state index >= 15 is 0 Å². The minimum atomic E-state index is -0.768. The maximum atomic E-state index is 14.5. The monoisotopic (exact) mass is 352 g/mol. The van der Waals surface area contributed by atoms with Crippen molar-refractivity contribution in [3.05, 3.63) is 29.6 Å². The van der Waals surface area contributed by atoms with Crippen molar-refractivity contribution in [2.45, 2.75) is 58.1 Å². The number of hydrogen-bond donors (Lipinski definition) is 0. The van der Waals surface area contributed by atoms with Gasteiger partial charge in [-0.05, 0) is 58.4 Å². The van der Waals surface area contributed by atoms with Crippen LogP contribution < -0.4 is 4.74 Å². The maximum absolute atomic E-state index is 14.5. The van der Waals surface area contributed by atoms with Crippen molar-refractivity contribution in [1.29, 1.82) is 0 Å². The summed E-state index contributed by atoms with van der Waals surface area (Å²) in [5.74, 6) is -1.01. The van der Waals surface area contributed by atoms with Crippen molar-refractivity contribution < 1.29 is 28.0 Å². The second-order valence-corrected chi connectivity index (χ2v) is 7.13. The predicted octanol–water partition coefficient (Wildman–Crippen LogP) is 3.50. The van der Waals surface area contributed by atoms with Gasteiger partial charge in [-0.2, -0.15) is 0 Å². The van der Waals surface area contributed by atoms with Crippen LogP contribution in [-0.2, 0) is 18.8 Å². The van der Waals surface area contributed by atoms with Gasteiger partial charge in [-0.15, -0.1) is 0 Å². The first-order chi connectivity index (χ1) is 11.6. The molecule has 0 amide bonds. The molecule has 5 nitrogen and oxygen atoms in total. The molecule has 1 fully saturated rings. The highest BCUT2D eigenvalue weighted by Crippen LogP contribution is 2.42. The normalized spacial score (nSPS) is 19.6. The molecule has 0 aliphatic carbocycles. The third-order valence-corrected chi connectivity index (χ3v) is 4.89. The number of hydrogen-bond acceptors (Lipinski definition) is 5. The minimum Gasteiger partial charge on any atom is -0.497 e. The van der Waals surface area contributed by atoms with Gasteiger partial charge in [-0.1, -0.05) is 0 Å². The summed E-state index contributed by atoms with van der Waals surface area (Å²) in [6.45, 7) is 9.64. The minimum absolute atomic E-state index is 0.0469. The van der Waals surface area contributed by atoms with Crippen molar-refractivity contribution in [2.24, 2.45) is 0 Å². The zero-order valence-corrected chi connectivity index (χ0v) is 15.7. The Bertz CT molecular complexity index is 616. The van der Waals surface area contributed by atoms with Crippen LogP contribution in [0.3, 0.4) is 0 Å². The standard InChI is InChI=1S/C18H26BFO5/c1-7-23-16(21)11-14(13-10-12(22-6)8-9-15(13)20)19-24-17(2,3)18(4,5)25-19/h8-10,14H,7,11H2,1-6H3. The van der Waals surface area contributed by atoms with E-state index in [0.29, 0.717) is 11.3 Å². The Kier molecular flexibility index (Phi) is 5.79. The zero-order chi connectivity index (χ0) is 18.8. The van der Waals surface area contributed by atoms with Gasteiger partial charge in [0, 0.05) is 5.82 Å².